The predicted octanol–water partition coefficient (Wildman–Crippen LogP) is 2.92. The fourth-order valence-electron chi connectivity index (χ4n) is 4.00. The van der Waals surface area contributed by atoms with Gasteiger partial charge in [0.25, 0.3) is 0 Å². The molecule has 2 N–H and O–H groups in total. The van der Waals surface area contributed by atoms with Crippen LogP contribution in [0.2, 0.25) is 0 Å². The van der Waals surface area contributed by atoms with E-state index in [0.29, 0.717) is 11.7 Å². The summed E-state index contributed by atoms with van der Waals surface area (Å²) in [6.07, 6.45) is 5.60. The van der Waals surface area contributed by atoms with Crippen LogP contribution in [0.5, 0.6) is 0 Å². The summed E-state index contributed by atoms with van der Waals surface area (Å²) in [5.41, 5.74) is 6.92. The van der Waals surface area contributed by atoms with Crippen molar-refractivity contribution in [3.8, 4) is 11.4 Å². The summed E-state index contributed by atoms with van der Waals surface area (Å²) in [6, 6.07) is 9.82. The van der Waals surface area contributed by atoms with E-state index in [1.54, 1.807) is 0 Å². The van der Waals surface area contributed by atoms with Gasteiger partial charge in [0.05, 0.1) is 0 Å². The molecule has 1 saturated carbocycles. The van der Waals surface area contributed by atoms with Gasteiger partial charge in [0.2, 0.25) is 17.6 Å². The van der Waals surface area contributed by atoms with Crippen molar-refractivity contribution in [1.29, 1.82) is 0 Å². The maximum absolute atomic E-state index is 13.0. The van der Waals surface area contributed by atoms with Crippen LogP contribution in [0, 0.1) is 5.92 Å². The number of hydrogen-bond donors (Lipinski definition) is 1. The molecule has 3 atom stereocenters. The Balaban J connectivity index is 1.55. The number of hydrogen-bond acceptors (Lipinski definition) is 5. The van der Waals surface area contributed by atoms with E-state index in [1.807, 2.05) is 35.2 Å². The topological polar surface area (TPSA) is 85.3 Å². The van der Waals surface area contributed by atoms with Crippen molar-refractivity contribution in [1.82, 2.24) is 15.0 Å². The molecule has 1 aromatic carbocycles. The molecule has 25 heavy (non-hydrogen) atoms. The van der Waals surface area contributed by atoms with Crippen LogP contribution in [-0.2, 0) is 4.79 Å². The molecule has 1 amide bonds. The Kier molecular flexibility index (Phi) is 4.53. The minimum absolute atomic E-state index is 0.0483. The van der Waals surface area contributed by atoms with Crippen molar-refractivity contribution in [3.05, 3.63) is 36.2 Å². The second-order valence-corrected chi connectivity index (χ2v) is 7.14. The number of piperidine rings is 1. The molecule has 1 aliphatic heterocycles. The van der Waals surface area contributed by atoms with E-state index in [9.17, 15) is 4.79 Å². The smallest absolute Gasteiger partial charge is 0.249 e. The van der Waals surface area contributed by atoms with Crippen molar-refractivity contribution in [3.63, 3.8) is 0 Å². The lowest BCUT2D eigenvalue weighted by atomic mass is 9.98. The highest BCUT2D eigenvalue weighted by molar-refractivity contribution is 5.79. The van der Waals surface area contributed by atoms with Gasteiger partial charge in [0.1, 0.15) is 6.04 Å². The van der Waals surface area contributed by atoms with Crippen LogP contribution in [0.3, 0.4) is 0 Å². The Morgan fingerprint density at radius 3 is 2.76 bits per heavy atom. The quantitative estimate of drug-likeness (QED) is 0.928. The van der Waals surface area contributed by atoms with Gasteiger partial charge in [-0.1, -0.05) is 35.5 Å². The lowest BCUT2D eigenvalue weighted by Crippen LogP contribution is -2.41. The number of nitrogens with zero attached hydrogens (tertiary/aromatic N) is 3. The van der Waals surface area contributed by atoms with Gasteiger partial charge in [0, 0.05) is 24.1 Å². The maximum atomic E-state index is 13.0. The largest absolute Gasteiger partial charge is 0.337 e. The summed E-state index contributed by atoms with van der Waals surface area (Å²) >= 11 is 0. The van der Waals surface area contributed by atoms with Gasteiger partial charge in [-0.25, -0.2) is 0 Å². The van der Waals surface area contributed by atoms with E-state index in [1.165, 1.54) is 0 Å². The molecular formula is C19H24N4O2. The van der Waals surface area contributed by atoms with E-state index in [2.05, 4.69) is 10.1 Å². The van der Waals surface area contributed by atoms with Crippen molar-refractivity contribution >= 4 is 5.91 Å². The Morgan fingerprint density at radius 2 is 2.00 bits per heavy atom. The summed E-state index contributed by atoms with van der Waals surface area (Å²) in [5.74, 6) is 1.38. The molecule has 6 heteroatoms. The van der Waals surface area contributed by atoms with Crippen LogP contribution in [0.25, 0.3) is 11.4 Å². The van der Waals surface area contributed by atoms with E-state index < -0.39 is 0 Å². The molecule has 2 fully saturated rings. The Morgan fingerprint density at radius 1 is 1.16 bits per heavy atom. The zero-order chi connectivity index (χ0) is 17.2. The third-order valence-electron chi connectivity index (χ3n) is 5.37. The molecule has 0 radical (unpaired) electrons. The van der Waals surface area contributed by atoms with Crippen LogP contribution in [-0.4, -0.2) is 33.5 Å². The van der Waals surface area contributed by atoms with Gasteiger partial charge in [-0.3, -0.25) is 4.79 Å². The van der Waals surface area contributed by atoms with E-state index in [4.69, 9.17) is 10.3 Å². The first-order valence-electron chi connectivity index (χ1n) is 9.17. The first kappa shape index (κ1) is 16.3. The Bertz CT molecular complexity index is 730. The van der Waals surface area contributed by atoms with Crippen LogP contribution in [0.4, 0.5) is 0 Å². The lowest BCUT2D eigenvalue weighted by Gasteiger charge is -2.35. The molecule has 1 aromatic heterocycles. The second kappa shape index (κ2) is 6.96. The molecule has 1 aliphatic carbocycles. The minimum Gasteiger partial charge on any atom is -0.337 e. The number of carbonyl (C=O) groups excluding carboxylic acids is 1. The summed E-state index contributed by atoms with van der Waals surface area (Å²) in [7, 11) is 0. The molecule has 2 aromatic rings. The number of likely N-dealkylation sites (tertiary alicyclic amines) is 1. The Labute approximate surface area is 147 Å². The first-order chi connectivity index (χ1) is 12.2. The number of carbonyl (C=O) groups is 1. The molecule has 0 spiro atoms. The van der Waals surface area contributed by atoms with Gasteiger partial charge < -0.3 is 15.2 Å². The van der Waals surface area contributed by atoms with Crippen LogP contribution in [0.15, 0.2) is 34.9 Å². The number of benzene rings is 1. The maximum Gasteiger partial charge on any atom is 0.249 e. The Hall–Kier alpha value is -2.21. The highest BCUT2D eigenvalue weighted by Crippen LogP contribution is 2.35. The molecule has 4 rings (SSSR count). The monoisotopic (exact) mass is 340 g/mol. The van der Waals surface area contributed by atoms with Crippen molar-refractivity contribution in [2.75, 3.05) is 6.54 Å². The zero-order valence-corrected chi connectivity index (χ0v) is 14.3. The second-order valence-electron chi connectivity index (χ2n) is 7.14. The third-order valence-corrected chi connectivity index (χ3v) is 5.37. The molecule has 0 bridgehead atoms. The predicted molar refractivity (Wildman–Crippen MR) is 93.4 cm³/mol. The molecule has 6 nitrogen and oxygen atoms in total. The van der Waals surface area contributed by atoms with Crippen LogP contribution < -0.4 is 5.73 Å². The van der Waals surface area contributed by atoms with Gasteiger partial charge in [-0.05, 0) is 38.5 Å². The molecule has 2 aliphatic rings. The highest BCUT2D eigenvalue weighted by Gasteiger charge is 2.37. The number of nitrogens with two attached hydrogens (primary N) is 1. The third kappa shape index (κ3) is 3.31. The SMILES string of the molecule is NC1CCC(C(=O)N2CCCCC2c2nc(-c3ccccc3)no2)C1. The standard InChI is InChI=1S/C19H24N4O2/c20-15-10-9-14(12-15)19(24)23-11-5-4-8-16(23)18-21-17(22-25-18)13-6-2-1-3-7-13/h1-3,6-7,14-16H,4-5,8-12,20H2. The molecular weight excluding hydrogens is 316 g/mol. The fraction of sp³-hybridized carbons (Fsp3) is 0.526. The highest BCUT2D eigenvalue weighted by atomic mass is 16.5. The molecule has 1 saturated heterocycles. The number of amides is 1. The molecule has 132 valence electrons. The van der Waals surface area contributed by atoms with E-state index >= 15 is 0 Å². The summed E-state index contributed by atoms with van der Waals surface area (Å²) in [4.78, 5) is 19.5. The van der Waals surface area contributed by atoms with Gasteiger partial charge in [-0.15, -0.1) is 0 Å². The van der Waals surface area contributed by atoms with Crippen molar-refractivity contribution < 1.29 is 9.32 Å². The van der Waals surface area contributed by atoms with E-state index in [0.717, 1.165) is 50.6 Å². The summed E-state index contributed by atoms with van der Waals surface area (Å²) in [5, 5.41) is 4.12. The van der Waals surface area contributed by atoms with Gasteiger partial charge in [-0.2, -0.15) is 4.98 Å². The average molecular weight is 340 g/mol. The number of rotatable bonds is 3. The van der Waals surface area contributed by atoms with Crippen molar-refractivity contribution in [2.24, 2.45) is 11.7 Å². The zero-order valence-electron chi connectivity index (χ0n) is 14.3. The van der Waals surface area contributed by atoms with E-state index in [-0.39, 0.29) is 23.9 Å². The van der Waals surface area contributed by atoms with Crippen LogP contribution >= 0.6 is 0 Å². The molecule has 2 heterocycles. The normalized spacial score (nSPS) is 26.8. The number of aromatic nitrogens is 2. The lowest BCUT2D eigenvalue weighted by molar-refractivity contribution is -0.140. The first-order valence-corrected chi connectivity index (χ1v) is 9.17. The fourth-order valence-corrected chi connectivity index (χ4v) is 4.00. The summed E-state index contributed by atoms with van der Waals surface area (Å²) in [6.45, 7) is 0.762. The van der Waals surface area contributed by atoms with Crippen molar-refractivity contribution in [2.45, 2.75) is 50.6 Å². The minimum atomic E-state index is -0.108. The van der Waals surface area contributed by atoms with Gasteiger partial charge in [0.15, 0.2) is 0 Å². The van der Waals surface area contributed by atoms with Crippen LogP contribution in [0.1, 0.15) is 50.5 Å². The summed E-state index contributed by atoms with van der Waals surface area (Å²) < 4.78 is 5.54. The molecule has 3 unspecified atom stereocenters. The van der Waals surface area contributed by atoms with Gasteiger partial charge >= 0.3 is 0 Å². The average Bonchev–Trinajstić information content (AvgIpc) is 3.31.